The second-order valence-electron chi connectivity index (χ2n) is 4.82. The number of amides is 1. The van der Waals surface area contributed by atoms with Crippen molar-refractivity contribution in [2.75, 3.05) is 14.1 Å². The Bertz CT molecular complexity index is 294. The molecule has 0 saturated carbocycles. The fraction of sp³-hybridized carbons (Fsp3) is 0.800. The fourth-order valence-electron chi connectivity index (χ4n) is 1.88. The lowest BCUT2D eigenvalue weighted by atomic mass is 10.3. The quantitative estimate of drug-likeness (QED) is 0.680. The molecule has 1 fully saturated rings. The number of quaternary nitrogens is 1. The molecule has 0 aliphatic carbocycles. The lowest BCUT2D eigenvalue weighted by molar-refractivity contribution is -1.02. The highest BCUT2D eigenvalue weighted by molar-refractivity contribution is 6.38. The van der Waals surface area contributed by atoms with Gasteiger partial charge in [0.25, 0.3) is 0 Å². The molecule has 1 amide bonds. The van der Waals surface area contributed by atoms with Crippen molar-refractivity contribution >= 4 is 11.7 Å². The predicted octanol–water partition coefficient (Wildman–Crippen LogP) is 0.540. The highest BCUT2D eigenvalue weighted by Crippen LogP contribution is 2.16. The molecule has 1 aliphatic rings. The van der Waals surface area contributed by atoms with Crippen LogP contribution in [-0.4, -0.2) is 47.6 Å². The van der Waals surface area contributed by atoms with E-state index in [0.29, 0.717) is 10.5 Å². The van der Waals surface area contributed by atoms with Crippen molar-refractivity contribution in [2.45, 2.75) is 39.8 Å². The Morgan fingerprint density at radius 1 is 1.27 bits per heavy atom. The zero-order chi connectivity index (χ0) is 11.8. The van der Waals surface area contributed by atoms with Crippen molar-refractivity contribution in [3.05, 3.63) is 0 Å². The molecular formula is C10H21N4O+. The molecule has 0 radical (unpaired) electrons. The van der Waals surface area contributed by atoms with Crippen LogP contribution in [0.1, 0.15) is 27.7 Å². The molecule has 1 heterocycles. The van der Waals surface area contributed by atoms with E-state index in [1.807, 2.05) is 33.0 Å². The first-order chi connectivity index (χ1) is 6.75. The van der Waals surface area contributed by atoms with Crippen LogP contribution in [0.2, 0.25) is 0 Å². The Labute approximate surface area is 91.3 Å². The lowest BCUT2D eigenvalue weighted by Crippen LogP contribution is -2.58. The number of amidine groups is 1. The maximum Gasteiger partial charge on any atom is 0.338 e. The number of rotatable bonds is 2. The zero-order valence-corrected chi connectivity index (χ0v) is 10.4. The maximum atomic E-state index is 11.7. The predicted molar refractivity (Wildman–Crippen MR) is 59.8 cm³/mol. The number of nitrogens with zero attached hydrogens (tertiary/aromatic N) is 3. The summed E-state index contributed by atoms with van der Waals surface area (Å²) in [5, 5.41) is 1.97. The SMILES string of the molecule is CC(C)N=C1C(=O)N[N+](C)(C)N1C(C)C. The van der Waals surface area contributed by atoms with Crippen molar-refractivity contribution in [1.29, 1.82) is 0 Å². The van der Waals surface area contributed by atoms with Crippen molar-refractivity contribution in [2.24, 2.45) is 4.99 Å². The van der Waals surface area contributed by atoms with Crippen LogP contribution in [-0.2, 0) is 4.79 Å². The van der Waals surface area contributed by atoms with E-state index in [0.717, 1.165) is 0 Å². The summed E-state index contributed by atoms with van der Waals surface area (Å²) in [5.41, 5.74) is 2.87. The summed E-state index contributed by atoms with van der Waals surface area (Å²) >= 11 is 0. The van der Waals surface area contributed by atoms with Gasteiger partial charge in [0.05, 0.1) is 6.04 Å². The highest BCUT2D eigenvalue weighted by Gasteiger charge is 2.45. The van der Waals surface area contributed by atoms with Crippen molar-refractivity contribution in [1.82, 2.24) is 10.4 Å². The average Bonchev–Trinajstić information content (AvgIpc) is 2.19. The van der Waals surface area contributed by atoms with E-state index >= 15 is 0 Å². The first kappa shape index (κ1) is 12.0. The second kappa shape index (κ2) is 3.81. The minimum atomic E-state index is -0.0950. The largest absolute Gasteiger partial charge is 0.338 e. The molecule has 0 aromatic heterocycles. The van der Waals surface area contributed by atoms with Crippen LogP contribution in [0.25, 0.3) is 0 Å². The third-order valence-electron chi connectivity index (χ3n) is 2.20. The summed E-state index contributed by atoms with van der Waals surface area (Å²) in [7, 11) is 3.86. The summed E-state index contributed by atoms with van der Waals surface area (Å²) in [6.07, 6.45) is 0. The Morgan fingerprint density at radius 2 is 1.80 bits per heavy atom. The van der Waals surface area contributed by atoms with E-state index in [9.17, 15) is 4.79 Å². The third kappa shape index (κ3) is 2.28. The lowest BCUT2D eigenvalue weighted by Gasteiger charge is -2.34. The summed E-state index contributed by atoms with van der Waals surface area (Å²) in [6, 6.07) is 0.363. The molecule has 0 bridgehead atoms. The Morgan fingerprint density at radius 3 is 2.20 bits per heavy atom. The number of hydrogen-bond donors (Lipinski definition) is 1. The van der Waals surface area contributed by atoms with Gasteiger partial charge in [0.1, 0.15) is 14.1 Å². The van der Waals surface area contributed by atoms with E-state index in [-0.39, 0.29) is 18.0 Å². The van der Waals surface area contributed by atoms with Gasteiger partial charge in [-0.1, -0.05) is 0 Å². The van der Waals surface area contributed by atoms with Gasteiger partial charge < -0.3 is 0 Å². The van der Waals surface area contributed by atoms with E-state index in [2.05, 4.69) is 24.3 Å². The van der Waals surface area contributed by atoms with Gasteiger partial charge in [0, 0.05) is 6.04 Å². The smallest absolute Gasteiger partial charge is 0.260 e. The van der Waals surface area contributed by atoms with Crippen LogP contribution < -0.4 is 5.43 Å². The van der Waals surface area contributed by atoms with Crippen molar-refractivity contribution in [3.63, 3.8) is 0 Å². The van der Waals surface area contributed by atoms with Crippen LogP contribution in [0.15, 0.2) is 4.99 Å². The summed E-state index contributed by atoms with van der Waals surface area (Å²) < 4.78 is 0.335. The van der Waals surface area contributed by atoms with Crippen LogP contribution >= 0.6 is 0 Å². The van der Waals surface area contributed by atoms with Gasteiger partial charge in [-0.2, -0.15) is 10.4 Å². The highest BCUT2D eigenvalue weighted by atomic mass is 16.2. The van der Waals surface area contributed by atoms with E-state index in [1.165, 1.54) is 0 Å². The zero-order valence-electron chi connectivity index (χ0n) is 10.4. The molecule has 1 saturated heterocycles. The van der Waals surface area contributed by atoms with Crippen LogP contribution in [0, 0.1) is 0 Å². The molecule has 0 unspecified atom stereocenters. The normalized spacial score (nSPS) is 23.1. The van der Waals surface area contributed by atoms with Gasteiger partial charge in [0.2, 0.25) is 5.84 Å². The average molecular weight is 213 g/mol. The van der Waals surface area contributed by atoms with Gasteiger partial charge in [-0.3, -0.25) is 9.79 Å². The molecule has 0 aromatic rings. The molecule has 1 N–H and O–H groups in total. The van der Waals surface area contributed by atoms with E-state index in [1.54, 1.807) is 0 Å². The third-order valence-corrected chi connectivity index (χ3v) is 2.20. The van der Waals surface area contributed by atoms with Gasteiger partial charge in [-0.05, 0) is 27.7 Å². The van der Waals surface area contributed by atoms with Crippen LogP contribution in [0.5, 0.6) is 0 Å². The monoisotopic (exact) mass is 213 g/mol. The maximum absolute atomic E-state index is 11.7. The Kier molecular flexibility index (Phi) is 3.04. The minimum absolute atomic E-state index is 0.0950. The number of carbonyl (C=O) groups excluding carboxylic acids is 1. The summed E-state index contributed by atoms with van der Waals surface area (Å²) in [5.74, 6) is 0.437. The van der Waals surface area contributed by atoms with Crippen LogP contribution in [0.3, 0.4) is 0 Å². The first-order valence-corrected chi connectivity index (χ1v) is 5.30. The first-order valence-electron chi connectivity index (χ1n) is 5.30. The van der Waals surface area contributed by atoms with E-state index < -0.39 is 0 Å². The fourth-order valence-corrected chi connectivity index (χ4v) is 1.88. The molecule has 1 rings (SSSR count). The summed E-state index contributed by atoms with van der Waals surface area (Å²) in [4.78, 5) is 16.1. The number of nitrogens with one attached hydrogen (secondary N) is 1. The van der Waals surface area contributed by atoms with E-state index in [4.69, 9.17) is 0 Å². The molecule has 0 aromatic carbocycles. The van der Waals surface area contributed by atoms with Gasteiger partial charge in [-0.15, -0.1) is 4.70 Å². The number of aliphatic imine (C=N–C) groups is 1. The van der Waals surface area contributed by atoms with Gasteiger partial charge >= 0.3 is 5.91 Å². The molecule has 0 spiro atoms. The van der Waals surface area contributed by atoms with Crippen molar-refractivity contribution in [3.8, 4) is 0 Å². The molecule has 5 heteroatoms. The molecule has 1 aliphatic heterocycles. The van der Waals surface area contributed by atoms with Crippen molar-refractivity contribution < 1.29 is 9.50 Å². The number of hydrogen-bond acceptors (Lipinski definition) is 2. The minimum Gasteiger partial charge on any atom is -0.260 e. The molecule has 5 nitrogen and oxygen atoms in total. The van der Waals surface area contributed by atoms with Crippen LogP contribution in [0.4, 0.5) is 0 Å². The topological polar surface area (TPSA) is 44.7 Å². The number of carbonyl (C=O) groups is 1. The van der Waals surface area contributed by atoms with Gasteiger partial charge in [-0.25, -0.2) is 0 Å². The molecule has 15 heavy (non-hydrogen) atoms. The molecule has 86 valence electrons. The molecular weight excluding hydrogens is 192 g/mol. The van der Waals surface area contributed by atoms with Gasteiger partial charge in [0.15, 0.2) is 0 Å². The standard InChI is InChI=1S/C10H20N4O/c1-7(2)11-9-10(15)12-14(5,6)13(9)8(3)4/h7-8H,1-6H3/p+1. The Balaban J connectivity index is 3.09. The summed E-state index contributed by atoms with van der Waals surface area (Å²) in [6.45, 7) is 8.04. The second-order valence-corrected chi connectivity index (χ2v) is 4.82. The molecule has 0 atom stereocenters. The Hall–Kier alpha value is -1.10.